The molecule has 0 saturated carbocycles. The highest BCUT2D eigenvalue weighted by atomic mass is 32.2. The lowest BCUT2D eigenvalue weighted by molar-refractivity contribution is -0.135. The summed E-state index contributed by atoms with van der Waals surface area (Å²) in [5.41, 5.74) is 0. The number of aryl methyl sites for hydroxylation is 1. The SMILES string of the molecule is Cn1ccc(S(=O)(=O)NCC(=O)O)c1. The predicted octanol–water partition coefficient (Wildman–Crippen LogP) is -0.612. The molecular formula is C7H10N2O4S. The molecule has 2 N–H and O–H groups in total. The number of nitrogens with zero attached hydrogens (tertiary/aromatic N) is 1. The van der Waals surface area contributed by atoms with Crippen LogP contribution in [0.3, 0.4) is 0 Å². The second kappa shape index (κ2) is 3.81. The van der Waals surface area contributed by atoms with Gasteiger partial charge in [-0.3, -0.25) is 4.79 Å². The van der Waals surface area contributed by atoms with Gasteiger partial charge in [0.15, 0.2) is 0 Å². The average molecular weight is 218 g/mol. The first-order valence-electron chi connectivity index (χ1n) is 3.75. The Morgan fingerprint density at radius 1 is 1.64 bits per heavy atom. The quantitative estimate of drug-likeness (QED) is 0.705. The monoisotopic (exact) mass is 218 g/mol. The summed E-state index contributed by atoms with van der Waals surface area (Å²) in [7, 11) is -2.01. The minimum Gasteiger partial charge on any atom is -0.480 e. The van der Waals surface area contributed by atoms with E-state index >= 15 is 0 Å². The van der Waals surface area contributed by atoms with Crippen LogP contribution in [-0.2, 0) is 21.9 Å². The maximum Gasteiger partial charge on any atom is 0.318 e. The van der Waals surface area contributed by atoms with Crippen molar-refractivity contribution in [1.82, 2.24) is 9.29 Å². The normalized spacial score (nSPS) is 11.5. The molecule has 1 aromatic heterocycles. The van der Waals surface area contributed by atoms with Crippen LogP contribution >= 0.6 is 0 Å². The number of carboxylic acid groups (broad SMARTS) is 1. The molecule has 14 heavy (non-hydrogen) atoms. The van der Waals surface area contributed by atoms with Gasteiger partial charge >= 0.3 is 5.97 Å². The standard InChI is InChI=1S/C7H10N2O4S/c1-9-3-2-6(5-9)14(12,13)8-4-7(10)11/h2-3,5,8H,4H2,1H3,(H,10,11). The molecule has 0 spiro atoms. The molecule has 6 nitrogen and oxygen atoms in total. The average Bonchev–Trinajstić information content (AvgIpc) is 2.49. The van der Waals surface area contributed by atoms with Crippen LogP contribution in [0.5, 0.6) is 0 Å². The molecule has 78 valence electrons. The van der Waals surface area contributed by atoms with Crippen molar-refractivity contribution >= 4 is 16.0 Å². The zero-order chi connectivity index (χ0) is 10.8. The largest absolute Gasteiger partial charge is 0.480 e. The van der Waals surface area contributed by atoms with Crippen LogP contribution in [0, 0.1) is 0 Å². The second-order valence-corrected chi connectivity index (χ2v) is 4.50. The number of aliphatic carboxylic acids is 1. The van der Waals surface area contributed by atoms with Crippen LogP contribution in [0.2, 0.25) is 0 Å². The zero-order valence-corrected chi connectivity index (χ0v) is 8.28. The fraction of sp³-hybridized carbons (Fsp3) is 0.286. The maximum absolute atomic E-state index is 11.4. The Morgan fingerprint density at radius 3 is 2.71 bits per heavy atom. The van der Waals surface area contributed by atoms with Gasteiger partial charge in [-0.2, -0.15) is 4.72 Å². The van der Waals surface area contributed by atoms with E-state index in [1.54, 1.807) is 17.8 Å². The molecular weight excluding hydrogens is 208 g/mol. The van der Waals surface area contributed by atoms with E-state index in [1.807, 2.05) is 4.72 Å². The molecule has 0 unspecified atom stereocenters. The van der Waals surface area contributed by atoms with Gasteiger partial charge in [-0.05, 0) is 6.07 Å². The van der Waals surface area contributed by atoms with E-state index in [0.717, 1.165) is 0 Å². The van der Waals surface area contributed by atoms with Crippen LogP contribution in [-0.4, -0.2) is 30.6 Å². The van der Waals surface area contributed by atoms with Gasteiger partial charge in [0.1, 0.15) is 6.54 Å². The third kappa shape index (κ3) is 2.57. The molecule has 0 atom stereocenters. The topological polar surface area (TPSA) is 88.4 Å². The highest BCUT2D eigenvalue weighted by Crippen LogP contribution is 2.07. The van der Waals surface area contributed by atoms with Crippen molar-refractivity contribution in [3.8, 4) is 0 Å². The van der Waals surface area contributed by atoms with Gasteiger partial charge in [-0.15, -0.1) is 0 Å². The molecule has 0 aliphatic rings. The van der Waals surface area contributed by atoms with Crippen molar-refractivity contribution in [2.45, 2.75) is 4.90 Å². The van der Waals surface area contributed by atoms with Gasteiger partial charge in [-0.1, -0.05) is 0 Å². The molecule has 7 heteroatoms. The first-order chi connectivity index (χ1) is 6.42. The van der Waals surface area contributed by atoms with Crippen LogP contribution in [0.15, 0.2) is 23.4 Å². The summed E-state index contributed by atoms with van der Waals surface area (Å²) < 4.78 is 26.2. The van der Waals surface area contributed by atoms with E-state index in [9.17, 15) is 13.2 Å². The molecule has 1 aromatic rings. The molecule has 0 aliphatic heterocycles. The Balaban J connectivity index is 2.81. The number of rotatable bonds is 4. The van der Waals surface area contributed by atoms with Crippen molar-refractivity contribution in [3.63, 3.8) is 0 Å². The number of sulfonamides is 1. The molecule has 1 heterocycles. The minimum atomic E-state index is -3.69. The number of nitrogens with one attached hydrogen (secondary N) is 1. The Morgan fingerprint density at radius 2 is 2.29 bits per heavy atom. The van der Waals surface area contributed by atoms with Gasteiger partial charge in [0.25, 0.3) is 0 Å². The fourth-order valence-corrected chi connectivity index (χ4v) is 1.90. The predicted molar refractivity (Wildman–Crippen MR) is 48.2 cm³/mol. The van der Waals surface area contributed by atoms with Gasteiger partial charge in [0, 0.05) is 19.4 Å². The maximum atomic E-state index is 11.4. The highest BCUT2D eigenvalue weighted by Gasteiger charge is 2.15. The van der Waals surface area contributed by atoms with Crippen molar-refractivity contribution < 1.29 is 18.3 Å². The lowest BCUT2D eigenvalue weighted by Crippen LogP contribution is -2.29. The second-order valence-electron chi connectivity index (χ2n) is 2.73. The van der Waals surface area contributed by atoms with Crippen molar-refractivity contribution in [1.29, 1.82) is 0 Å². The Hall–Kier alpha value is -1.34. The summed E-state index contributed by atoms with van der Waals surface area (Å²) in [5, 5.41) is 8.30. The van der Waals surface area contributed by atoms with E-state index < -0.39 is 22.5 Å². The van der Waals surface area contributed by atoms with Gasteiger partial charge in [0.05, 0.1) is 4.90 Å². The number of carboxylic acids is 1. The number of carbonyl (C=O) groups is 1. The van der Waals surface area contributed by atoms with E-state index in [-0.39, 0.29) is 4.90 Å². The van der Waals surface area contributed by atoms with Crippen molar-refractivity contribution in [2.75, 3.05) is 6.54 Å². The third-order valence-corrected chi connectivity index (χ3v) is 2.92. The number of aromatic nitrogens is 1. The molecule has 0 aliphatic carbocycles. The Bertz CT molecular complexity index is 434. The Kier molecular flexibility index (Phi) is 2.92. The van der Waals surface area contributed by atoms with E-state index in [1.165, 1.54) is 12.3 Å². The highest BCUT2D eigenvalue weighted by molar-refractivity contribution is 7.89. The smallest absolute Gasteiger partial charge is 0.318 e. The Labute approximate surface area is 81.2 Å². The fourth-order valence-electron chi connectivity index (χ4n) is 0.877. The summed E-state index contributed by atoms with van der Waals surface area (Å²) in [5.74, 6) is -1.22. The molecule has 0 fully saturated rings. The van der Waals surface area contributed by atoms with Gasteiger partial charge < -0.3 is 9.67 Å². The first-order valence-corrected chi connectivity index (χ1v) is 5.23. The van der Waals surface area contributed by atoms with Crippen molar-refractivity contribution in [2.24, 2.45) is 7.05 Å². The van der Waals surface area contributed by atoms with Gasteiger partial charge in [-0.25, -0.2) is 8.42 Å². The minimum absolute atomic E-state index is 0.0567. The summed E-state index contributed by atoms with van der Waals surface area (Å²) >= 11 is 0. The molecule has 0 bridgehead atoms. The van der Waals surface area contributed by atoms with Crippen LogP contribution in [0.1, 0.15) is 0 Å². The summed E-state index contributed by atoms with van der Waals surface area (Å²) in [6, 6.07) is 1.39. The van der Waals surface area contributed by atoms with Crippen LogP contribution in [0.25, 0.3) is 0 Å². The molecule has 1 rings (SSSR count). The lowest BCUT2D eigenvalue weighted by Gasteiger charge is -2.00. The third-order valence-electron chi connectivity index (χ3n) is 1.53. The van der Waals surface area contributed by atoms with Crippen molar-refractivity contribution in [3.05, 3.63) is 18.5 Å². The first kappa shape index (κ1) is 10.7. The molecule has 0 amide bonds. The van der Waals surface area contributed by atoms with Crippen LogP contribution in [0.4, 0.5) is 0 Å². The summed E-state index contributed by atoms with van der Waals surface area (Å²) in [6.07, 6.45) is 2.96. The molecule has 0 aromatic carbocycles. The van der Waals surface area contributed by atoms with Gasteiger partial charge in [0.2, 0.25) is 10.0 Å². The zero-order valence-electron chi connectivity index (χ0n) is 7.47. The van der Waals surface area contributed by atoms with E-state index in [0.29, 0.717) is 0 Å². The van der Waals surface area contributed by atoms with Crippen LogP contribution < -0.4 is 4.72 Å². The molecule has 0 radical (unpaired) electrons. The molecule has 0 saturated heterocycles. The summed E-state index contributed by atoms with van der Waals surface area (Å²) in [6.45, 7) is -0.614. The number of hydrogen-bond acceptors (Lipinski definition) is 3. The number of hydrogen-bond donors (Lipinski definition) is 2. The van der Waals surface area contributed by atoms with E-state index in [2.05, 4.69) is 0 Å². The summed E-state index contributed by atoms with van der Waals surface area (Å²) in [4.78, 5) is 10.2. The lowest BCUT2D eigenvalue weighted by atomic mass is 10.7. The van der Waals surface area contributed by atoms with E-state index in [4.69, 9.17) is 5.11 Å².